The average Bonchev–Trinajstić information content (AvgIpc) is 3.42. The molecule has 0 bridgehead atoms. The molecule has 0 radical (unpaired) electrons. The van der Waals surface area contributed by atoms with Crippen LogP contribution in [0.25, 0.3) is 17.2 Å². The summed E-state index contributed by atoms with van der Waals surface area (Å²) in [5.41, 5.74) is 3.68. The molecule has 8 nitrogen and oxygen atoms in total. The molecule has 0 saturated heterocycles. The van der Waals surface area contributed by atoms with Crippen molar-refractivity contribution in [3.63, 3.8) is 0 Å². The molecule has 2 atom stereocenters. The monoisotopic (exact) mass is 405 g/mol. The summed E-state index contributed by atoms with van der Waals surface area (Å²) in [6.45, 7) is 8.89. The van der Waals surface area contributed by atoms with E-state index in [0.717, 1.165) is 31.5 Å². The van der Waals surface area contributed by atoms with Crippen molar-refractivity contribution in [2.75, 3.05) is 5.32 Å². The molecule has 3 heterocycles. The molecule has 1 fully saturated rings. The molecule has 0 aromatic carbocycles. The summed E-state index contributed by atoms with van der Waals surface area (Å²) in [4.78, 5) is 20.6. The molecule has 1 aliphatic carbocycles. The van der Waals surface area contributed by atoms with Crippen LogP contribution in [0.2, 0.25) is 0 Å². The van der Waals surface area contributed by atoms with Crippen molar-refractivity contribution in [1.82, 2.24) is 29.5 Å². The van der Waals surface area contributed by atoms with Crippen molar-refractivity contribution in [1.29, 1.82) is 0 Å². The summed E-state index contributed by atoms with van der Waals surface area (Å²) in [5.74, 6) is 0.964. The van der Waals surface area contributed by atoms with Gasteiger partial charge in [0.2, 0.25) is 5.95 Å². The number of ketones is 1. The summed E-state index contributed by atoms with van der Waals surface area (Å²) in [6, 6.07) is 2.36. The lowest BCUT2D eigenvalue weighted by atomic mass is 10.0. The lowest BCUT2D eigenvalue weighted by Gasteiger charge is -2.12. The number of Topliss-reactive ketones (excluding diaryl/α,β-unsaturated/α-hetero) is 1. The molecule has 8 heteroatoms. The van der Waals surface area contributed by atoms with Crippen molar-refractivity contribution in [2.24, 2.45) is 5.92 Å². The van der Waals surface area contributed by atoms with E-state index in [-0.39, 0.29) is 17.7 Å². The van der Waals surface area contributed by atoms with Crippen LogP contribution in [0.5, 0.6) is 0 Å². The van der Waals surface area contributed by atoms with Gasteiger partial charge in [0, 0.05) is 30.4 Å². The Morgan fingerprint density at radius 2 is 2.23 bits per heavy atom. The first-order valence-corrected chi connectivity index (χ1v) is 10.3. The molecule has 0 aliphatic heterocycles. The van der Waals surface area contributed by atoms with E-state index in [9.17, 15) is 4.79 Å². The van der Waals surface area contributed by atoms with Crippen LogP contribution in [-0.2, 0) is 17.9 Å². The SMILES string of the molecule is C=CCn1cc(C)cc1C=CCn1nnc2cnc(NC3CCC(C(C)=O)C3)nc21. The number of nitrogens with one attached hydrogen (secondary N) is 1. The maximum Gasteiger partial charge on any atom is 0.225 e. The summed E-state index contributed by atoms with van der Waals surface area (Å²) in [7, 11) is 0. The van der Waals surface area contributed by atoms with Crippen LogP contribution in [0, 0.1) is 12.8 Å². The van der Waals surface area contributed by atoms with Crippen LogP contribution in [0.1, 0.15) is 37.4 Å². The number of carbonyl (C=O) groups excluding carboxylic acids is 1. The van der Waals surface area contributed by atoms with Gasteiger partial charge in [0.05, 0.1) is 12.7 Å². The molecule has 30 heavy (non-hydrogen) atoms. The van der Waals surface area contributed by atoms with Crippen LogP contribution in [0.3, 0.4) is 0 Å². The van der Waals surface area contributed by atoms with Crippen molar-refractivity contribution < 1.29 is 4.79 Å². The number of carbonyl (C=O) groups is 1. The number of fused-ring (bicyclic) bond motifs is 1. The minimum Gasteiger partial charge on any atom is -0.351 e. The van der Waals surface area contributed by atoms with Crippen LogP contribution in [0.15, 0.2) is 37.2 Å². The van der Waals surface area contributed by atoms with Crippen molar-refractivity contribution in [2.45, 2.75) is 52.2 Å². The Labute approximate surface area is 175 Å². The largest absolute Gasteiger partial charge is 0.351 e. The second-order valence-corrected chi connectivity index (χ2v) is 7.92. The van der Waals surface area contributed by atoms with E-state index >= 15 is 0 Å². The highest BCUT2D eigenvalue weighted by Gasteiger charge is 2.28. The zero-order chi connectivity index (χ0) is 21.1. The first-order chi connectivity index (χ1) is 14.5. The molecule has 156 valence electrons. The maximum absolute atomic E-state index is 11.6. The van der Waals surface area contributed by atoms with Crippen molar-refractivity contribution >= 4 is 29.0 Å². The van der Waals surface area contributed by atoms with E-state index in [0.29, 0.717) is 23.7 Å². The third-order valence-electron chi connectivity index (χ3n) is 5.56. The zero-order valence-corrected chi connectivity index (χ0v) is 17.5. The van der Waals surface area contributed by atoms with Crippen LogP contribution >= 0.6 is 0 Å². The molecule has 1 saturated carbocycles. The minimum atomic E-state index is 0.146. The fraction of sp³-hybridized carbons (Fsp3) is 0.409. The number of aryl methyl sites for hydroxylation is 1. The molecule has 4 rings (SSSR count). The maximum atomic E-state index is 11.6. The molecule has 3 aromatic heterocycles. The average molecular weight is 406 g/mol. The molecule has 1 aliphatic rings. The Morgan fingerprint density at radius 3 is 3.00 bits per heavy atom. The molecular weight excluding hydrogens is 378 g/mol. The van der Waals surface area contributed by atoms with Gasteiger partial charge in [0.1, 0.15) is 5.78 Å². The zero-order valence-electron chi connectivity index (χ0n) is 17.5. The number of nitrogens with zero attached hydrogens (tertiary/aromatic N) is 6. The number of hydrogen-bond donors (Lipinski definition) is 1. The Hall–Kier alpha value is -3.29. The Bertz CT molecular complexity index is 1090. The van der Waals surface area contributed by atoms with Crippen LogP contribution in [0.4, 0.5) is 5.95 Å². The smallest absolute Gasteiger partial charge is 0.225 e. The van der Waals surface area contributed by atoms with E-state index in [1.165, 1.54) is 5.56 Å². The highest BCUT2D eigenvalue weighted by Crippen LogP contribution is 2.28. The van der Waals surface area contributed by atoms with Crippen LogP contribution < -0.4 is 5.32 Å². The third-order valence-corrected chi connectivity index (χ3v) is 5.56. The molecule has 0 spiro atoms. The number of rotatable bonds is 8. The van der Waals surface area contributed by atoms with Crippen LogP contribution in [-0.4, -0.2) is 41.4 Å². The van der Waals surface area contributed by atoms with Gasteiger partial charge in [0.25, 0.3) is 0 Å². The second kappa shape index (κ2) is 8.61. The van der Waals surface area contributed by atoms with Gasteiger partial charge in [-0.3, -0.25) is 4.79 Å². The number of hydrogen-bond acceptors (Lipinski definition) is 6. The van der Waals surface area contributed by atoms with Gasteiger partial charge in [-0.2, -0.15) is 4.98 Å². The van der Waals surface area contributed by atoms with Gasteiger partial charge in [-0.25, -0.2) is 9.67 Å². The first kappa shape index (κ1) is 20.0. The summed E-state index contributed by atoms with van der Waals surface area (Å²) in [6.07, 6.45) is 12.5. The Morgan fingerprint density at radius 1 is 1.37 bits per heavy atom. The fourth-order valence-corrected chi connectivity index (χ4v) is 4.02. The quantitative estimate of drug-likeness (QED) is 0.578. The standard InChI is InChI=1S/C22H27N7O/c1-4-9-28-14-15(2)11-19(28)6-5-10-29-21-20(26-27-29)13-23-22(25-21)24-18-8-7-17(12-18)16(3)30/h4-6,11,13-14,17-18H,1,7-10,12H2,2-3H3,(H,23,24,25). The third kappa shape index (κ3) is 4.32. The second-order valence-electron chi connectivity index (χ2n) is 7.92. The van der Waals surface area contributed by atoms with E-state index in [2.05, 4.69) is 62.0 Å². The molecule has 3 aromatic rings. The number of aromatic nitrogens is 6. The highest BCUT2D eigenvalue weighted by atomic mass is 16.1. The molecule has 2 unspecified atom stereocenters. The van der Waals surface area contributed by atoms with Gasteiger partial charge in [-0.1, -0.05) is 17.4 Å². The van der Waals surface area contributed by atoms with Gasteiger partial charge in [-0.05, 0) is 50.8 Å². The Kier molecular flexibility index (Phi) is 5.74. The normalized spacial score (nSPS) is 19.0. The first-order valence-electron chi connectivity index (χ1n) is 10.3. The predicted octanol–water partition coefficient (Wildman–Crippen LogP) is 3.40. The van der Waals surface area contributed by atoms with E-state index < -0.39 is 0 Å². The van der Waals surface area contributed by atoms with Gasteiger partial charge < -0.3 is 9.88 Å². The summed E-state index contributed by atoms with van der Waals surface area (Å²) >= 11 is 0. The lowest BCUT2D eigenvalue weighted by Crippen LogP contribution is -2.19. The van der Waals surface area contributed by atoms with Crippen molar-refractivity contribution in [3.05, 3.63) is 48.4 Å². The highest BCUT2D eigenvalue weighted by molar-refractivity contribution is 5.78. The topological polar surface area (TPSA) is 90.5 Å². The summed E-state index contributed by atoms with van der Waals surface area (Å²) in [5, 5.41) is 11.7. The van der Waals surface area contributed by atoms with Gasteiger partial charge >= 0.3 is 0 Å². The fourth-order valence-electron chi connectivity index (χ4n) is 4.02. The molecule has 0 amide bonds. The van der Waals surface area contributed by atoms with Gasteiger partial charge in [-0.15, -0.1) is 11.7 Å². The van der Waals surface area contributed by atoms with E-state index in [1.54, 1.807) is 17.8 Å². The number of anilines is 1. The molecule has 1 N–H and O–H groups in total. The predicted molar refractivity (Wildman–Crippen MR) is 117 cm³/mol. The number of allylic oxidation sites excluding steroid dienone is 2. The lowest BCUT2D eigenvalue weighted by molar-refractivity contribution is -0.120. The van der Waals surface area contributed by atoms with E-state index in [1.807, 2.05) is 12.2 Å². The summed E-state index contributed by atoms with van der Waals surface area (Å²) < 4.78 is 3.91. The van der Waals surface area contributed by atoms with Crippen molar-refractivity contribution in [3.8, 4) is 0 Å². The Balaban J connectivity index is 1.47. The molecular formula is C22H27N7O. The van der Waals surface area contributed by atoms with Gasteiger partial charge in [0.15, 0.2) is 11.2 Å². The minimum absolute atomic E-state index is 0.146. The van der Waals surface area contributed by atoms with E-state index in [4.69, 9.17) is 0 Å².